The van der Waals surface area contributed by atoms with Crippen molar-refractivity contribution in [1.82, 2.24) is 0 Å². The number of fused-ring (bicyclic) bond motifs is 1. The van der Waals surface area contributed by atoms with E-state index in [4.69, 9.17) is 4.74 Å². The molecule has 2 nitrogen and oxygen atoms in total. The summed E-state index contributed by atoms with van der Waals surface area (Å²) in [6, 6.07) is 4.60. The summed E-state index contributed by atoms with van der Waals surface area (Å²) in [4.78, 5) is 0. The first-order valence-electron chi connectivity index (χ1n) is 4.25. The second kappa shape index (κ2) is 3.46. The lowest BCUT2D eigenvalue weighted by Crippen LogP contribution is -1.90. The summed E-state index contributed by atoms with van der Waals surface area (Å²) in [5.41, 5.74) is 0. The molecule has 0 bridgehead atoms. The molecule has 0 aliphatic carbocycles. The lowest BCUT2D eigenvalue weighted by molar-refractivity contribution is 0.319. The number of ether oxygens (including phenoxy) is 1. The molecule has 0 saturated carbocycles. The Morgan fingerprint density at radius 2 is 2.21 bits per heavy atom. The summed E-state index contributed by atoms with van der Waals surface area (Å²) >= 11 is 1.01. The summed E-state index contributed by atoms with van der Waals surface area (Å²) in [6.45, 7) is 2.31. The Balaban J connectivity index is 2.58. The van der Waals surface area contributed by atoms with Crippen LogP contribution in [0.15, 0.2) is 18.2 Å². The number of thiophene rings is 1. The van der Waals surface area contributed by atoms with Crippen molar-refractivity contribution in [2.45, 2.75) is 6.92 Å². The van der Waals surface area contributed by atoms with Gasteiger partial charge < -0.3 is 9.84 Å². The van der Waals surface area contributed by atoms with E-state index in [1.165, 1.54) is 12.1 Å². The van der Waals surface area contributed by atoms with E-state index in [0.717, 1.165) is 21.4 Å². The van der Waals surface area contributed by atoms with Gasteiger partial charge in [0.1, 0.15) is 0 Å². The molecular formula is C10H9FO2S. The average Bonchev–Trinajstić information content (AvgIpc) is 2.45. The molecule has 0 unspecified atom stereocenters. The third kappa shape index (κ3) is 1.53. The van der Waals surface area contributed by atoms with Crippen LogP contribution in [0.5, 0.6) is 11.5 Å². The van der Waals surface area contributed by atoms with E-state index < -0.39 is 0 Å². The number of phenols is 1. The Hall–Kier alpha value is -1.29. The number of hydrogen-bond donors (Lipinski definition) is 1. The SMILES string of the molecule is CCOc1cc2cc(F)sc2cc1O. The first kappa shape index (κ1) is 9.27. The minimum absolute atomic E-state index is 0.0567. The summed E-state index contributed by atoms with van der Waals surface area (Å²) in [6.07, 6.45) is 0. The smallest absolute Gasteiger partial charge is 0.177 e. The van der Waals surface area contributed by atoms with Gasteiger partial charge in [-0.2, -0.15) is 4.39 Å². The molecule has 0 radical (unpaired) electrons. The molecule has 0 saturated heterocycles. The molecule has 2 rings (SSSR count). The normalized spacial score (nSPS) is 10.7. The fraction of sp³-hybridized carbons (Fsp3) is 0.200. The summed E-state index contributed by atoms with van der Waals surface area (Å²) < 4.78 is 18.8. The van der Waals surface area contributed by atoms with Gasteiger partial charge in [-0.1, -0.05) is 0 Å². The number of phenolic OH excluding ortho intramolecular Hbond substituents is 1. The van der Waals surface area contributed by atoms with Crippen LogP contribution in [0.4, 0.5) is 4.39 Å². The summed E-state index contributed by atoms with van der Waals surface area (Å²) in [5.74, 6) is 0.457. The zero-order valence-corrected chi connectivity index (χ0v) is 8.40. The topological polar surface area (TPSA) is 29.5 Å². The second-order valence-electron chi connectivity index (χ2n) is 2.84. The molecule has 1 aromatic carbocycles. The van der Waals surface area contributed by atoms with Gasteiger partial charge in [0.05, 0.1) is 6.61 Å². The number of rotatable bonds is 2. The molecule has 1 heterocycles. The van der Waals surface area contributed by atoms with Gasteiger partial charge in [0, 0.05) is 10.8 Å². The number of halogens is 1. The van der Waals surface area contributed by atoms with E-state index in [9.17, 15) is 9.50 Å². The summed E-state index contributed by atoms with van der Waals surface area (Å²) in [7, 11) is 0. The van der Waals surface area contributed by atoms with Gasteiger partial charge in [-0.25, -0.2) is 0 Å². The number of aromatic hydroxyl groups is 1. The maximum atomic E-state index is 12.9. The molecule has 4 heteroatoms. The standard InChI is InChI=1S/C10H9FO2S/c1-2-13-8-3-6-4-10(11)14-9(6)5-7(8)12/h3-5,12H,2H2,1H3. The molecule has 1 aromatic heterocycles. The van der Waals surface area contributed by atoms with Crippen LogP contribution < -0.4 is 4.74 Å². The molecule has 1 N–H and O–H groups in total. The van der Waals surface area contributed by atoms with Gasteiger partial charge in [-0.15, -0.1) is 11.3 Å². The molecule has 0 atom stereocenters. The molecule has 2 aromatic rings. The molecule has 74 valence electrons. The fourth-order valence-electron chi connectivity index (χ4n) is 1.29. The minimum Gasteiger partial charge on any atom is -0.504 e. The highest BCUT2D eigenvalue weighted by Crippen LogP contribution is 2.35. The molecule has 0 fully saturated rings. The van der Waals surface area contributed by atoms with Crippen LogP contribution >= 0.6 is 11.3 Å². The first-order valence-corrected chi connectivity index (χ1v) is 5.07. The van der Waals surface area contributed by atoms with Crippen molar-refractivity contribution < 1.29 is 14.2 Å². The van der Waals surface area contributed by atoms with E-state index >= 15 is 0 Å². The highest BCUT2D eigenvalue weighted by Gasteiger charge is 2.07. The van der Waals surface area contributed by atoms with E-state index in [1.54, 1.807) is 6.07 Å². The van der Waals surface area contributed by atoms with Crippen molar-refractivity contribution in [3.63, 3.8) is 0 Å². The van der Waals surface area contributed by atoms with Crippen molar-refractivity contribution >= 4 is 21.4 Å². The van der Waals surface area contributed by atoms with Crippen molar-refractivity contribution in [3.8, 4) is 11.5 Å². The third-order valence-corrected chi connectivity index (χ3v) is 2.75. The largest absolute Gasteiger partial charge is 0.504 e. The molecule has 14 heavy (non-hydrogen) atoms. The number of benzene rings is 1. The predicted octanol–water partition coefficient (Wildman–Crippen LogP) is 3.14. The zero-order valence-electron chi connectivity index (χ0n) is 7.58. The van der Waals surface area contributed by atoms with Gasteiger partial charge in [0.25, 0.3) is 0 Å². The van der Waals surface area contributed by atoms with Gasteiger partial charge in [-0.05, 0) is 24.4 Å². The Bertz CT molecular complexity index is 464. The van der Waals surface area contributed by atoms with Crippen LogP contribution in [-0.4, -0.2) is 11.7 Å². The Morgan fingerprint density at radius 1 is 1.43 bits per heavy atom. The van der Waals surface area contributed by atoms with Gasteiger partial charge in [-0.3, -0.25) is 0 Å². The fourth-order valence-corrected chi connectivity index (χ4v) is 2.10. The number of hydrogen-bond acceptors (Lipinski definition) is 3. The van der Waals surface area contributed by atoms with Crippen LogP contribution in [0.25, 0.3) is 10.1 Å². The maximum Gasteiger partial charge on any atom is 0.177 e. The molecule has 0 amide bonds. The Labute approximate surface area is 84.6 Å². The van der Waals surface area contributed by atoms with Crippen molar-refractivity contribution in [1.29, 1.82) is 0 Å². The van der Waals surface area contributed by atoms with Crippen LogP contribution in [0.3, 0.4) is 0 Å². The van der Waals surface area contributed by atoms with E-state index in [-0.39, 0.29) is 10.9 Å². The molecule has 0 aliphatic heterocycles. The molecular weight excluding hydrogens is 203 g/mol. The Kier molecular flexibility index (Phi) is 2.29. The quantitative estimate of drug-likeness (QED) is 0.828. The average molecular weight is 212 g/mol. The van der Waals surface area contributed by atoms with Crippen LogP contribution in [-0.2, 0) is 0 Å². The van der Waals surface area contributed by atoms with Crippen LogP contribution in [0.1, 0.15) is 6.92 Å². The summed E-state index contributed by atoms with van der Waals surface area (Å²) in [5, 5.41) is 10.0. The van der Waals surface area contributed by atoms with E-state index in [0.29, 0.717) is 12.4 Å². The monoisotopic (exact) mass is 212 g/mol. The molecule has 0 spiro atoms. The van der Waals surface area contributed by atoms with E-state index in [2.05, 4.69) is 0 Å². The lowest BCUT2D eigenvalue weighted by atomic mass is 10.2. The van der Waals surface area contributed by atoms with Crippen molar-refractivity contribution in [3.05, 3.63) is 23.3 Å². The lowest BCUT2D eigenvalue weighted by Gasteiger charge is -2.04. The third-order valence-electron chi connectivity index (χ3n) is 1.87. The predicted molar refractivity (Wildman–Crippen MR) is 54.6 cm³/mol. The van der Waals surface area contributed by atoms with Crippen molar-refractivity contribution in [2.24, 2.45) is 0 Å². The van der Waals surface area contributed by atoms with Crippen LogP contribution in [0, 0.1) is 5.13 Å². The van der Waals surface area contributed by atoms with Gasteiger partial charge in [0.15, 0.2) is 16.6 Å². The van der Waals surface area contributed by atoms with Gasteiger partial charge in [0.2, 0.25) is 0 Å². The first-order chi connectivity index (χ1) is 6.70. The van der Waals surface area contributed by atoms with Crippen LogP contribution in [0.2, 0.25) is 0 Å². The Morgan fingerprint density at radius 3 is 2.93 bits per heavy atom. The van der Waals surface area contributed by atoms with E-state index in [1.807, 2.05) is 6.92 Å². The highest BCUT2D eigenvalue weighted by atomic mass is 32.1. The minimum atomic E-state index is -0.256. The zero-order chi connectivity index (χ0) is 10.1. The van der Waals surface area contributed by atoms with Crippen molar-refractivity contribution in [2.75, 3.05) is 6.61 Å². The highest BCUT2D eigenvalue weighted by molar-refractivity contribution is 7.17. The molecule has 0 aliphatic rings. The van der Waals surface area contributed by atoms with Gasteiger partial charge >= 0.3 is 0 Å². The second-order valence-corrected chi connectivity index (χ2v) is 3.88. The maximum absolute atomic E-state index is 12.9.